The Labute approximate surface area is 271 Å². The third-order valence-corrected chi connectivity index (χ3v) is 9.64. The zero-order valence-electron chi connectivity index (χ0n) is 27.3. The molecule has 0 aliphatic carbocycles. The quantitative estimate of drug-likeness (QED) is 0.200. The maximum absolute atomic E-state index is 14.6. The Bertz CT molecular complexity index is 1470. The topological polar surface area (TPSA) is 148 Å². The summed E-state index contributed by atoms with van der Waals surface area (Å²) in [7, 11) is -4.50. The molecule has 0 saturated carbocycles. The standard InChI is InChI=1S/C33H46N4O8S/c1-23(2)20-26(32(39)45-33(3,4)5)36-21-27(44-22-24-14-8-6-9-15-24)29(30(31(36)38)35-18-12-7-13-19-35)34-46(42,43)28-17-11-10-16-25(28)37(40)41/h6,8-11,14-17,23,26-27,29-30,34H,7,12-13,18-22H2,1-5H3/t26-,27+,29-,30+/m0/s1. The number of piperidine rings is 2. The fourth-order valence-electron chi connectivity index (χ4n) is 6.10. The zero-order valence-corrected chi connectivity index (χ0v) is 28.1. The second-order valence-electron chi connectivity index (χ2n) is 13.4. The average molecular weight is 659 g/mol. The second kappa shape index (κ2) is 15.0. The number of sulfonamides is 1. The summed E-state index contributed by atoms with van der Waals surface area (Å²) in [5.41, 5.74) is -0.521. The van der Waals surface area contributed by atoms with E-state index in [-0.39, 0.29) is 19.1 Å². The van der Waals surface area contributed by atoms with E-state index in [1.165, 1.54) is 23.1 Å². The van der Waals surface area contributed by atoms with Crippen LogP contribution in [0, 0.1) is 16.0 Å². The first kappa shape index (κ1) is 35.5. The monoisotopic (exact) mass is 658 g/mol. The summed E-state index contributed by atoms with van der Waals surface area (Å²) in [5, 5.41) is 11.8. The molecule has 2 aromatic carbocycles. The number of ether oxygens (including phenoxy) is 2. The van der Waals surface area contributed by atoms with Crippen molar-refractivity contribution >= 4 is 27.6 Å². The van der Waals surface area contributed by atoms with Crippen molar-refractivity contribution in [3.8, 4) is 0 Å². The van der Waals surface area contributed by atoms with Gasteiger partial charge in [-0.3, -0.25) is 19.8 Å². The van der Waals surface area contributed by atoms with Gasteiger partial charge in [-0.25, -0.2) is 17.9 Å². The maximum Gasteiger partial charge on any atom is 0.329 e. The summed E-state index contributed by atoms with van der Waals surface area (Å²) >= 11 is 0. The van der Waals surface area contributed by atoms with E-state index in [1.807, 2.05) is 49.1 Å². The summed E-state index contributed by atoms with van der Waals surface area (Å²) in [6.45, 7) is 10.3. The van der Waals surface area contributed by atoms with E-state index in [9.17, 15) is 28.1 Å². The smallest absolute Gasteiger partial charge is 0.329 e. The predicted molar refractivity (Wildman–Crippen MR) is 172 cm³/mol. The molecule has 0 spiro atoms. The van der Waals surface area contributed by atoms with Crippen molar-refractivity contribution in [2.45, 2.75) is 102 Å². The first-order valence-corrected chi connectivity index (χ1v) is 17.3. The number of carbonyl (C=O) groups excluding carboxylic acids is 2. The van der Waals surface area contributed by atoms with Gasteiger partial charge in [-0.15, -0.1) is 0 Å². The molecule has 2 aliphatic heterocycles. The van der Waals surface area contributed by atoms with E-state index >= 15 is 0 Å². The molecule has 0 radical (unpaired) electrons. The first-order valence-electron chi connectivity index (χ1n) is 15.9. The van der Waals surface area contributed by atoms with Crippen LogP contribution in [0.15, 0.2) is 59.5 Å². The van der Waals surface area contributed by atoms with Crippen LogP contribution in [-0.2, 0) is 35.7 Å². The Morgan fingerprint density at radius 3 is 2.28 bits per heavy atom. The van der Waals surface area contributed by atoms with E-state index in [0.717, 1.165) is 30.9 Å². The highest BCUT2D eigenvalue weighted by atomic mass is 32.2. The molecule has 46 heavy (non-hydrogen) atoms. The Hall–Kier alpha value is -3.39. The van der Waals surface area contributed by atoms with Crippen molar-refractivity contribution in [2.24, 2.45) is 5.92 Å². The van der Waals surface area contributed by atoms with Crippen LogP contribution in [0.1, 0.15) is 65.9 Å². The first-order chi connectivity index (χ1) is 21.7. The molecule has 12 nitrogen and oxygen atoms in total. The van der Waals surface area contributed by atoms with Gasteiger partial charge < -0.3 is 14.4 Å². The van der Waals surface area contributed by atoms with Gasteiger partial charge in [0.25, 0.3) is 5.69 Å². The van der Waals surface area contributed by atoms with Gasteiger partial charge in [0.1, 0.15) is 17.7 Å². The van der Waals surface area contributed by atoms with E-state index in [4.69, 9.17) is 9.47 Å². The number of nitro benzene ring substituents is 1. The Morgan fingerprint density at radius 1 is 1.04 bits per heavy atom. The van der Waals surface area contributed by atoms with Gasteiger partial charge in [0, 0.05) is 12.6 Å². The van der Waals surface area contributed by atoms with Gasteiger partial charge in [-0.05, 0) is 70.7 Å². The molecule has 13 heteroatoms. The number of para-hydroxylation sites is 1. The van der Waals surface area contributed by atoms with Crippen LogP contribution in [0.25, 0.3) is 0 Å². The minimum atomic E-state index is -4.50. The minimum absolute atomic E-state index is 0.0392. The summed E-state index contributed by atoms with van der Waals surface area (Å²) in [5.74, 6) is -0.904. The van der Waals surface area contributed by atoms with Crippen LogP contribution in [-0.4, -0.2) is 84.5 Å². The van der Waals surface area contributed by atoms with Crippen LogP contribution in [0.2, 0.25) is 0 Å². The number of hydrogen-bond acceptors (Lipinski definition) is 9. The van der Waals surface area contributed by atoms with Crippen molar-refractivity contribution in [3.05, 3.63) is 70.3 Å². The number of nitrogens with zero attached hydrogens (tertiary/aromatic N) is 3. The second-order valence-corrected chi connectivity index (χ2v) is 15.1. The minimum Gasteiger partial charge on any atom is -0.458 e. The summed E-state index contributed by atoms with van der Waals surface area (Å²) in [6.07, 6.45) is 2.02. The highest BCUT2D eigenvalue weighted by Crippen LogP contribution is 2.31. The lowest BCUT2D eigenvalue weighted by atomic mass is 9.90. The Kier molecular flexibility index (Phi) is 11.6. The normalized spacial score (nSPS) is 22.1. The molecule has 0 bridgehead atoms. The summed E-state index contributed by atoms with van der Waals surface area (Å²) in [4.78, 5) is 42.3. The van der Waals surface area contributed by atoms with Crippen molar-refractivity contribution < 1.29 is 32.4 Å². The van der Waals surface area contributed by atoms with Crippen LogP contribution in [0.4, 0.5) is 5.69 Å². The molecule has 0 unspecified atom stereocenters. The van der Waals surface area contributed by atoms with Crippen LogP contribution < -0.4 is 4.72 Å². The molecule has 2 aliphatic rings. The third-order valence-electron chi connectivity index (χ3n) is 8.14. The molecule has 2 aromatic rings. The lowest BCUT2D eigenvalue weighted by molar-refractivity contribution is -0.387. The predicted octanol–water partition coefficient (Wildman–Crippen LogP) is 4.28. The van der Waals surface area contributed by atoms with E-state index in [1.54, 1.807) is 20.8 Å². The molecule has 1 N–H and O–H groups in total. The highest BCUT2D eigenvalue weighted by molar-refractivity contribution is 7.89. The maximum atomic E-state index is 14.6. The van der Waals surface area contributed by atoms with E-state index in [0.29, 0.717) is 19.5 Å². The van der Waals surface area contributed by atoms with Crippen molar-refractivity contribution in [3.63, 3.8) is 0 Å². The zero-order chi connectivity index (χ0) is 33.6. The van der Waals surface area contributed by atoms with E-state index < -0.39 is 67.2 Å². The SMILES string of the molecule is CC(C)C[C@@H](C(=O)OC(C)(C)C)N1C[C@@H](OCc2ccccc2)[C@H](NS(=O)(=O)c2ccccc2[N+](=O)[O-])[C@@H](N2CCCCC2)C1=O. The average Bonchev–Trinajstić information content (AvgIpc) is 2.99. The number of esters is 1. The van der Waals surface area contributed by atoms with Gasteiger partial charge in [0.2, 0.25) is 15.9 Å². The van der Waals surface area contributed by atoms with Crippen molar-refractivity contribution in [1.29, 1.82) is 0 Å². The third kappa shape index (κ3) is 8.90. The summed E-state index contributed by atoms with van der Waals surface area (Å²) in [6, 6.07) is 11.4. The molecule has 252 valence electrons. The largest absolute Gasteiger partial charge is 0.458 e. The van der Waals surface area contributed by atoms with Gasteiger partial charge in [0.05, 0.1) is 23.7 Å². The Balaban J connectivity index is 1.80. The molecule has 4 atom stereocenters. The molecule has 2 heterocycles. The van der Waals surface area contributed by atoms with Crippen molar-refractivity contribution in [2.75, 3.05) is 19.6 Å². The van der Waals surface area contributed by atoms with Crippen molar-refractivity contribution in [1.82, 2.24) is 14.5 Å². The number of carbonyl (C=O) groups is 2. The molecular formula is C33H46N4O8S. The molecule has 1 amide bonds. The van der Waals surface area contributed by atoms with Crippen LogP contribution >= 0.6 is 0 Å². The fourth-order valence-corrected chi connectivity index (χ4v) is 7.55. The fraction of sp³-hybridized carbons (Fsp3) is 0.576. The lowest BCUT2D eigenvalue weighted by Gasteiger charge is -2.49. The lowest BCUT2D eigenvalue weighted by Crippen LogP contribution is -2.71. The molecular weight excluding hydrogens is 612 g/mol. The number of rotatable bonds is 12. The highest BCUT2D eigenvalue weighted by Gasteiger charge is 2.51. The number of amides is 1. The number of benzene rings is 2. The number of hydrogen-bond donors (Lipinski definition) is 1. The molecule has 4 rings (SSSR count). The molecule has 2 saturated heterocycles. The molecule has 2 fully saturated rings. The van der Waals surface area contributed by atoms with Crippen LogP contribution in [0.5, 0.6) is 0 Å². The number of nitro groups is 1. The Morgan fingerprint density at radius 2 is 1.67 bits per heavy atom. The van der Waals surface area contributed by atoms with Gasteiger partial charge in [-0.2, -0.15) is 0 Å². The van der Waals surface area contributed by atoms with Gasteiger partial charge in [-0.1, -0.05) is 62.7 Å². The summed E-state index contributed by atoms with van der Waals surface area (Å²) < 4.78 is 42.7. The van der Waals surface area contributed by atoms with Gasteiger partial charge >= 0.3 is 5.97 Å². The number of nitrogens with one attached hydrogen (secondary N) is 1. The van der Waals surface area contributed by atoms with E-state index in [2.05, 4.69) is 4.72 Å². The molecule has 0 aromatic heterocycles. The number of likely N-dealkylation sites (tertiary alicyclic amines) is 2. The van der Waals surface area contributed by atoms with Crippen LogP contribution in [0.3, 0.4) is 0 Å². The van der Waals surface area contributed by atoms with Gasteiger partial charge in [0.15, 0.2) is 4.90 Å².